The molecule has 0 aliphatic carbocycles. The summed E-state index contributed by atoms with van der Waals surface area (Å²) >= 11 is 0. The lowest BCUT2D eigenvalue weighted by Gasteiger charge is -1.91. The number of hydrogen-bond donors (Lipinski definition) is 0. The number of aryl methyl sites for hydroxylation is 1. The van der Waals surface area contributed by atoms with Gasteiger partial charge in [-0.25, -0.2) is 4.57 Å². The summed E-state index contributed by atoms with van der Waals surface area (Å²) in [5.41, 5.74) is 0.540. The highest BCUT2D eigenvalue weighted by Crippen LogP contribution is 2.03. The van der Waals surface area contributed by atoms with Crippen molar-refractivity contribution in [3.05, 3.63) is 36.4 Å². The van der Waals surface area contributed by atoms with Crippen molar-refractivity contribution in [3.63, 3.8) is 0 Å². The third-order valence-corrected chi connectivity index (χ3v) is 1.30. The van der Waals surface area contributed by atoms with E-state index in [2.05, 4.69) is 6.58 Å². The lowest BCUT2D eigenvalue weighted by atomic mass is 10.2. The first kappa shape index (κ1) is 6.93. The third-order valence-electron chi connectivity index (χ3n) is 1.30. The van der Waals surface area contributed by atoms with Gasteiger partial charge in [0.2, 0.25) is 6.20 Å². The number of hydrogen-bond acceptors (Lipinski definition) is 0. The first-order valence-electron chi connectivity index (χ1n) is 3.01. The predicted octanol–water partition coefficient (Wildman–Crippen LogP) is 1.29. The highest BCUT2D eigenvalue weighted by molar-refractivity contribution is 5.45. The normalized spacial score (nSPS) is 9.40. The van der Waals surface area contributed by atoms with Gasteiger partial charge in [0.05, 0.1) is 0 Å². The predicted molar refractivity (Wildman–Crippen MR) is 37.7 cm³/mol. The molecule has 0 atom stereocenters. The third kappa shape index (κ3) is 1.21. The van der Waals surface area contributed by atoms with Crippen LogP contribution in [0.4, 0.5) is 4.39 Å². The first-order chi connectivity index (χ1) is 4.74. The van der Waals surface area contributed by atoms with Crippen molar-refractivity contribution in [3.8, 4) is 0 Å². The highest BCUT2D eigenvalue weighted by Gasteiger charge is 2.01. The standard InChI is InChI=1S/C8H9FN/c1-3-7-4-5-10(2)6-8(7)9/h3-6H,1H2,2H3/q+1. The van der Waals surface area contributed by atoms with Gasteiger partial charge in [-0.1, -0.05) is 12.7 Å². The minimum Gasteiger partial charge on any atom is -0.205 e. The maximum Gasteiger partial charge on any atom is 0.205 e. The quantitative estimate of drug-likeness (QED) is 0.515. The van der Waals surface area contributed by atoms with E-state index >= 15 is 0 Å². The van der Waals surface area contributed by atoms with Crippen LogP contribution in [0.3, 0.4) is 0 Å². The summed E-state index contributed by atoms with van der Waals surface area (Å²) in [6.45, 7) is 3.47. The van der Waals surface area contributed by atoms with E-state index in [1.165, 1.54) is 12.3 Å². The van der Waals surface area contributed by atoms with Crippen LogP contribution in [0.1, 0.15) is 5.56 Å². The van der Waals surface area contributed by atoms with Crippen LogP contribution in [-0.4, -0.2) is 0 Å². The summed E-state index contributed by atoms with van der Waals surface area (Å²) in [6.07, 6.45) is 4.69. The summed E-state index contributed by atoms with van der Waals surface area (Å²) in [5.74, 6) is -0.236. The van der Waals surface area contributed by atoms with Gasteiger partial charge in [-0.05, 0) is 0 Å². The second-order valence-electron chi connectivity index (χ2n) is 2.12. The molecular formula is C8H9FN+. The molecule has 0 saturated carbocycles. The number of nitrogens with zero attached hydrogens (tertiary/aromatic N) is 1. The van der Waals surface area contributed by atoms with Gasteiger partial charge < -0.3 is 0 Å². The molecule has 1 aromatic heterocycles. The molecule has 1 heterocycles. The van der Waals surface area contributed by atoms with E-state index in [9.17, 15) is 4.39 Å². The van der Waals surface area contributed by atoms with E-state index < -0.39 is 0 Å². The van der Waals surface area contributed by atoms with Crippen LogP contribution in [0, 0.1) is 5.82 Å². The Kier molecular flexibility index (Phi) is 1.81. The molecule has 0 spiro atoms. The van der Waals surface area contributed by atoms with Crippen LogP contribution in [0.15, 0.2) is 25.0 Å². The summed E-state index contributed by atoms with van der Waals surface area (Å²) in [5, 5.41) is 0. The molecule has 1 nitrogen and oxygen atoms in total. The van der Waals surface area contributed by atoms with Crippen molar-refractivity contribution in [2.24, 2.45) is 7.05 Å². The van der Waals surface area contributed by atoms with Crippen molar-refractivity contribution in [1.82, 2.24) is 0 Å². The second-order valence-corrected chi connectivity index (χ2v) is 2.12. The Morgan fingerprint density at radius 3 is 2.90 bits per heavy atom. The topological polar surface area (TPSA) is 3.88 Å². The van der Waals surface area contributed by atoms with Crippen LogP contribution < -0.4 is 4.57 Å². The molecule has 52 valence electrons. The lowest BCUT2D eigenvalue weighted by Crippen LogP contribution is -2.27. The Bertz CT molecular complexity index is 255. The van der Waals surface area contributed by atoms with Crippen LogP contribution in [0.5, 0.6) is 0 Å². The van der Waals surface area contributed by atoms with Crippen LogP contribution in [-0.2, 0) is 7.05 Å². The second kappa shape index (κ2) is 2.60. The number of rotatable bonds is 1. The summed E-state index contributed by atoms with van der Waals surface area (Å²) in [7, 11) is 1.77. The Morgan fingerprint density at radius 1 is 1.70 bits per heavy atom. The molecule has 0 fully saturated rings. The molecule has 0 amide bonds. The lowest BCUT2D eigenvalue weighted by molar-refractivity contribution is -0.673. The van der Waals surface area contributed by atoms with Crippen molar-refractivity contribution < 1.29 is 8.96 Å². The fourth-order valence-electron chi connectivity index (χ4n) is 0.739. The molecule has 1 rings (SSSR count). The minimum absolute atomic E-state index is 0.236. The van der Waals surface area contributed by atoms with E-state index in [1.807, 2.05) is 0 Å². The van der Waals surface area contributed by atoms with E-state index in [0.717, 1.165) is 0 Å². The maximum absolute atomic E-state index is 12.8. The molecule has 10 heavy (non-hydrogen) atoms. The average Bonchev–Trinajstić information content (AvgIpc) is 1.88. The van der Waals surface area contributed by atoms with Crippen molar-refractivity contribution in [1.29, 1.82) is 0 Å². The van der Waals surface area contributed by atoms with Crippen molar-refractivity contribution >= 4 is 6.08 Å². The molecule has 0 aliphatic heterocycles. The number of halogens is 1. The Labute approximate surface area is 59.4 Å². The van der Waals surface area contributed by atoms with Crippen LogP contribution in [0.2, 0.25) is 0 Å². The highest BCUT2D eigenvalue weighted by atomic mass is 19.1. The molecular weight excluding hydrogens is 129 g/mol. The summed E-state index contributed by atoms with van der Waals surface area (Å²) < 4.78 is 14.4. The molecule has 2 heteroatoms. The zero-order valence-electron chi connectivity index (χ0n) is 5.84. The number of pyridine rings is 1. The van der Waals surface area contributed by atoms with Crippen LogP contribution >= 0.6 is 0 Å². The minimum atomic E-state index is -0.236. The average molecular weight is 138 g/mol. The van der Waals surface area contributed by atoms with Gasteiger partial charge in [0.15, 0.2) is 12.0 Å². The van der Waals surface area contributed by atoms with E-state index in [1.54, 1.807) is 23.9 Å². The molecule has 1 aromatic rings. The van der Waals surface area contributed by atoms with Gasteiger partial charge in [-0.2, -0.15) is 4.39 Å². The zero-order valence-corrected chi connectivity index (χ0v) is 5.84. The van der Waals surface area contributed by atoms with Gasteiger partial charge >= 0.3 is 0 Å². The summed E-state index contributed by atoms with van der Waals surface area (Å²) in [6, 6.07) is 1.68. The fourth-order valence-corrected chi connectivity index (χ4v) is 0.739. The molecule has 0 radical (unpaired) electrons. The largest absolute Gasteiger partial charge is 0.205 e. The smallest absolute Gasteiger partial charge is 0.205 e. The van der Waals surface area contributed by atoms with Gasteiger partial charge in [0.25, 0.3) is 0 Å². The molecule has 0 bridgehead atoms. The Hall–Kier alpha value is -1.18. The van der Waals surface area contributed by atoms with Crippen LogP contribution in [0.25, 0.3) is 6.08 Å². The molecule has 0 saturated heterocycles. The SMILES string of the molecule is C=Cc1cc[n+](C)cc1F. The maximum atomic E-state index is 12.8. The van der Waals surface area contributed by atoms with Gasteiger partial charge in [0.1, 0.15) is 7.05 Å². The summed E-state index contributed by atoms with van der Waals surface area (Å²) in [4.78, 5) is 0. The molecule has 0 aromatic carbocycles. The van der Waals surface area contributed by atoms with Crippen molar-refractivity contribution in [2.45, 2.75) is 0 Å². The van der Waals surface area contributed by atoms with E-state index in [4.69, 9.17) is 0 Å². The monoisotopic (exact) mass is 138 g/mol. The van der Waals surface area contributed by atoms with Crippen molar-refractivity contribution in [2.75, 3.05) is 0 Å². The Balaban J connectivity index is 3.19. The molecule has 0 aliphatic rings. The van der Waals surface area contributed by atoms with Gasteiger partial charge in [0, 0.05) is 11.6 Å². The van der Waals surface area contributed by atoms with E-state index in [0.29, 0.717) is 5.56 Å². The van der Waals surface area contributed by atoms with E-state index in [-0.39, 0.29) is 5.82 Å². The fraction of sp³-hybridized carbons (Fsp3) is 0.125. The first-order valence-corrected chi connectivity index (χ1v) is 3.01. The molecule has 0 N–H and O–H groups in total. The van der Waals surface area contributed by atoms with Gasteiger partial charge in [-0.3, -0.25) is 0 Å². The molecule has 0 unspecified atom stereocenters. The zero-order chi connectivity index (χ0) is 7.56. The van der Waals surface area contributed by atoms with Gasteiger partial charge in [-0.15, -0.1) is 0 Å². The Morgan fingerprint density at radius 2 is 2.40 bits per heavy atom. The number of aromatic nitrogens is 1.